The molecule has 2 amide bonds. The normalized spacial score (nSPS) is 16.5. The molecule has 2 aliphatic rings. The molecule has 0 aliphatic carbocycles. The number of amides is 2. The number of para-hydroxylation sites is 2. The van der Waals surface area contributed by atoms with Gasteiger partial charge in [0.1, 0.15) is 11.6 Å². The first-order valence-electron chi connectivity index (χ1n) is 11.3. The molecule has 2 aliphatic heterocycles. The summed E-state index contributed by atoms with van der Waals surface area (Å²) in [5.74, 6) is 1.28. The molecule has 1 fully saturated rings. The van der Waals surface area contributed by atoms with Gasteiger partial charge in [-0.3, -0.25) is 9.59 Å². The number of anilines is 2. The second-order valence-electron chi connectivity index (χ2n) is 8.72. The van der Waals surface area contributed by atoms with Crippen LogP contribution in [0.4, 0.5) is 11.5 Å². The fourth-order valence-corrected chi connectivity index (χ4v) is 4.90. The molecule has 0 bridgehead atoms. The van der Waals surface area contributed by atoms with E-state index in [0.717, 1.165) is 41.2 Å². The van der Waals surface area contributed by atoms with Crippen LogP contribution < -0.4 is 15.4 Å². The third-order valence-electron chi connectivity index (χ3n) is 6.83. The fourth-order valence-electron chi connectivity index (χ4n) is 4.90. The number of hydrogen-bond acceptors (Lipinski definition) is 5. The number of fused-ring (bicyclic) bond motifs is 2. The van der Waals surface area contributed by atoms with Gasteiger partial charge >= 0.3 is 0 Å². The number of pyridine rings is 1. The number of H-pyrrole nitrogens is 1. The lowest BCUT2D eigenvalue weighted by molar-refractivity contribution is -0.127. The number of carbonyl (C=O) groups excluding carboxylic acids is 2. The van der Waals surface area contributed by atoms with E-state index >= 15 is 0 Å². The Morgan fingerprint density at radius 1 is 1.24 bits per heavy atom. The summed E-state index contributed by atoms with van der Waals surface area (Å²) in [6.45, 7) is 5.43. The summed E-state index contributed by atoms with van der Waals surface area (Å²) >= 11 is 0. The molecule has 8 nitrogen and oxygen atoms in total. The van der Waals surface area contributed by atoms with Crippen molar-refractivity contribution in [3.8, 4) is 17.0 Å². The van der Waals surface area contributed by atoms with Crippen molar-refractivity contribution in [3.63, 3.8) is 0 Å². The smallest absolute Gasteiger partial charge is 0.253 e. The van der Waals surface area contributed by atoms with E-state index in [1.54, 1.807) is 13.3 Å². The maximum absolute atomic E-state index is 12.7. The van der Waals surface area contributed by atoms with Crippen LogP contribution in [0.3, 0.4) is 0 Å². The van der Waals surface area contributed by atoms with Gasteiger partial charge in [0, 0.05) is 48.2 Å². The van der Waals surface area contributed by atoms with E-state index in [4.69, 9.17) is 4.74 Å². The summed E-state index contributed by atoms with van der Waals surface area (Å²) in [6.07, 6.45) is 4.65. The molecule has 1 saturated heterocycles. The molecule has 5 rings (SSSR count). The van der Waals surface area contributed by atoms with Crippen LogP contribution in [-0.4, -0.2) is 53.4 Å². The van der Waals surface area contributed by atoms with Crippen molar-refractivity contribution in [1.29, 1.82) is 0 Å². The van der Waals surface area contributed by atoms with Crippen LogP contribution in [0.15, 0.2) is 61.3 Å². The molecular weight excluding hydrogens is 430 g/mol. The zero-order valence-electron chi connectivity index (χ0n) is 19.1. The minimum absolute atomic E-state index is 0.0473. The van der Waals surface area contributed by atoms with Crippen LogP contribution >= 0.6 is 0 Å². The van der Waals surface area contributed by atoms with Gasteiger partial charge in [0.05, 0.1) is 18.4 Å². The molecule has 1 spiro atoms. The lowest BCUT2D eigenvalue weighted by atomic mass is 9.72. The van der Waals surface area contributed by atoms with Crippen LogP contribution in [0.25, 0.3) is 11.3 Å². The molecule has 4 heterocycles. The van der Waals surface area contributed by atoms with Crippen LogP contribution in [0.5, 0.6) is 5.75 Å². The van der Waals surface area contributed by atoms with Crippen molar-refractivity contribution >= 4 is 23.3 Å². The molecule has 0 atom stereocenters. The maximum atomic E-state index is 12.7. The van der Waals surface area contributed by atoms with Crippen molar-refractivity contribution in [2.75, 3.05) is 32.1 Å². The zero-order valence-corrected chi connectivity index (χ0v) is 19.1. The largest absolute Gasteiger partial charge is 0.495 e. The Morgan fingerprint density at radius 2 is 2.03 bits per heavy atom. The number of methoxy groups -OCH3 is 1. The van der Waals surface area contributed by atoms with E-state index in [2.05, 4.69) is 27.2 Å². The Balaban J connectivity index is 1.44. The van der Waals surface area contributed by atoms with Gasteiger partial charge in [-0.25, -0.2) is 4.98 Å². The standard InChI is InChI=1S/C26H27N5O3/c1-3-23(32)31-12-9-26(10-13-31)16-28-25(33)18-15-20(30-24(18)26)17-8-11-27-22(14-17)29-19-6-4-5-7-21(19)34-2/h3-8,11,14-15,30H,1,9-10,12-13,16H2,2H3,(H,27,29)(H,28,33). The van der Waals surface area contributed by atoms with Gasteiger partial charge in [0.2, 0.25) is 5.91 Å². The van der Waals surface area contributed by atoms with Crippen molar-refractivity contribution < 1.29 is 14.3 Å². The summed E-state index contributed by atoms with van der Waals surface area (Å²) in [7, 11) is 1.63. The highest BCUT2D eigenvalue weighted by Crippen LogP contribution is 2.40. The molecular formula is C26H27N5O3. The number of nitrogens with one attached hydrogen (secondary N) is 3. The minimum Gasteiger partial charge on any atom is -0.495 e. The Labute approximate surface area is 198 Å². The monoisotopic (exact) mass is 457 g/mol. The van der Waals surface area contributed by atoms with Crippen molar-refractivity contribution in [2.45, 2.75) is 18.3 Å². The number of nitrogens with zero attached hydrogens (tertiary/aromatic N) is 2. The van der Waals surface area contributed by atoms with Crippen LogP contribution in [0.1, 0.15) is 28.9 Å². The topological polar surface area (TPSA) is 99.3 Å². The third kappa shape index (κ3) is 3.81. The van der Waals surface area contributed by atoms with Gasteiger partial charge in [-0.2, -0.15) is 0 Å². The summed E-state index contributed by atoms with van der Waals surface area (Å²) < 4.78 is 5.42. The lowest BCUT2D eigenvalue weighted by Crippen LogP contribution is -2.53. The Morgan fingerprint density at radius 3 is 2.79 bits per heavy atom. The first kappa shape index (κ1) is 21.8. The molecule has 0 radical (unpaired) electrons. The number of piperidine rings is 1. The van der Waals surface area contributed by atoms with Crippen molar-refractivity contribution in [2.24, 2.45) is 0 Å². The number of rotatable bonds is 5. The molecule has 1 aromatic carbocycles. The van der Waals surface area contributed by atoms with Gasteiger partial charge in [-0.15, -0.1) is 0 Å². The Kier molecular flexibility index (Phi) is 5.57. The summed E-state index contributed by atoms with van der Waals surface area (Å²) in [5.41, 5.74) is 4.00. The summed E-state index contributed by atoms with van der Waals surface area (Å²) in [4.78, 5) is 34.6. The molecule has 0 saturated carbocycles. The SMILES string of the molecule is C=CC(=O)N1CCC2(CC1)CNC(=O)c1cc(-c3ccnc(Nc4ccccc4OC)c3)[nH]c12. The number of carbonyl (C=O) groups is 2. The number of ether oxygens (including phenoxy) is 1. The highest BCUT2D eigenvalue weighted by atomic mass is 16.5. The summed E-state index contributed by atoms with van der Waals surface area (Å²) in [5, 5.41) is 6.36. The Bertz CT molecular complexity index is 1260. The van der Waals surface area contributed by atoms with E-state index in [0.29, 0.717) is 31.0 Å². The Hall–Kier alpha value is -4.07. The van der Waals surface area contributed by atoms with Crippen LogP contribution in [0.2, 0.25) is 0 Å². The average Bonchev–Trinajstić information content (AvgIpc) is 3.35. The number of aromatic amines is 1. The summed E-state index contributed by atoms with van der Waals surface area (Å²) in [6, 6.07) is 13.4. The zero-order chi connectivity index (χ0) is 23.7. The van der Waals surface area contributed by atoms with E-state index in [-0.39, 0.29) is 17.2 Å². The fraction of sp³-hybridized carbons (Fsp3) is 0.269. The van der Waals surface area contributed by atoms with Gasteiger partial charge in [0.15, 0.2) is 0 Å². The molecule has 3 N–H and O–H groups in total. The maximum Gasteiger partial charge on any atom is 0.253 e. The number of benzene rings is 1. The molecule has 3 aromatic rings. The van der Waals surface area contributed by atoms with Crippen molar-refractivity contribution in [1.82, 2.24) is 20.2 Å². The van der Waals surface area contributed by atoms with E-state index < -0.39 is 0 Å². The minimum atomic E-state index is -0.217. The predicted molar refractivity (Wildman–Crippen MR) is 130 cm³/mol. The number of aromatic nitrogens is 2. The van der Waals surface area contributed by atoms with Gasteiger partial charge in [0.25, 0.3) is 5.91 Å². The molecule has 34 heavy (non-hydrogen) atoms. The van der Waals surface area contributed by atoms with Crippen LogP contribution in [0, 0.1) is 0 Å². The highest BCUT2D eigenvalue weighted by molar-refractivity contribution is 5.98. The van der Waals surface area contributed by atoms with Gasteiger partial charge < -0.3 is 25.3 Å². The van der Waals surface area contributed by atoms with E-state index in [1.165, 1.54) is 6.08 Å². The van der Waals surface area contributed by atoms with Crippen LogP contribution in [-0.2, 0) is 10.2 Å². The average molecular weight is 458 g/mol. The first-order chi connectivity index (χ1) is 16.5. The molecule has 2 aromatic heterocycles. The third-order valence-corrected chi connectivity index (χ3v) is 6.83. The highest BCUT2D eigenvalue weighted by Gasteiger charge is 2.44. The second-order valence-corrected chi connectivity index (χ2v) is 8.72. The molecule has 8 heteroatoms. The lowest BCUT2D eigenvalue weighted by Gasteiger charge is -2.43. The second kappa shape index (κ2) is 8.70. The predicted octanol–water partition coefficient (Wildman–Crippen LogP) is 3.62. The van der Waals surface area contributed by atoms with Crippen molar-refractivity contribution in [3.05, 3.63) is 72.6 Å². The van der Waals surface area contributed by atoms with E-state index in [9.17, 15) is 9.59 Å². The number of likely N-dealkylation sites (tertiary alicyclic amines) is 1. The molecule has 174 valence electrons. The van der Waals surface area contributed by atoms with Gasteiger partial charge in [-0.05, 0) is 49.2 Å². The molecule has 0 unspecified atom stereocenters. The van der Waals surface area contributed by atoms with Gasteiger partial charge in [-0.1, -0.05) is 18.7 Å². The first-order valence-corrected chi connectivity index (χ1v) is 11.3. The quantitative estimate of drug-likeness (QED) is 0.508. The number of hydrogen-bond donors (Lipinski definition) is 3. The van der Waals surface area contributed by atoms with E-state index in [1.807, 2.05) is 47.4 Å².